The van der Waals surface area contributed by atoms with Crippen molar-refractivity contribution in [2.75, 3.05) is 26.9 Å². The summed E-state index contributed by atoms with van der Waals surface area (Å²) in [5.74, 6) is 1.05. The van der Waals surface area contributed by atoms with E-state index in [-0.39, 0.29) is 5.97 Å². The van der Waals surface area contributed by atoms with E-state index in [4.69, 9.17) is 19.2 Å². The van der Waals surface area contributed by atoms with E-state index in [0.717, 1.165) is 37.2 Å². The minimum atomic E-state index is -0.298. The van der Waals surface area contributed by atoms with Gasteiger partial charge in [-0.3, -0.25) is 4.90 Å². The third-order valence-electron chi connectivity index (χ3n) is 5.66. The smallest absolute Gasteiger partial charge is 0.341 e. The summed E-state index contributed by atoms with van der Waals surface area (Å²) in [6.45, 7) is 7.24. The van der Waals surface area contributed by atoms with Crippen LogP contribution in [0.1, 0.15) is 45.8 Å². The first-order valence-electron chi connectivity index (χ1n) is 11.6. The number of thiophene rings is 1. The fourth-order valence-corrected chi connectivity index (χ4v) is 5.32. The Bertz CT molecular complexity index is 1160. The van der Waals surface area contributed by atoms with Crippen LogP contribution in [0.15, 0.2) is 53.5 Å². The fraction of sp³-hybridized carbons (Fsp3) is 0.333. The van der Waals surface area contributed by atoms with Crippen molar-refractivity contribution < 1.29 is 19.0 Å². The van der Waals surface area contributed by atoms with E-state index in [9.17, 15) is 4.79 Å². The number of ether oxygens (including phenoxy) is 3. The molecule has 2 heterocycles. The number of hydrogen-bond donors (Lipinski definition) is 0. The third kappa shape index (κ3) is 5.48. The van der Waals surface area contributed by atoms with Crippen molar-refractivity contribution in [3.8, 4) is 11.5 Å². The highest BCUT2D eigenvalue weighted by molar-refractivity contribution is 7.16. The molecule has 0 spiro atoms. The third-order valence-corrected chi connectivity index (χ3v) is 6.79. The quantitative estimate of drug-likeness (QED) is 0.294. The first kappa shape index (κ1) is 24.0. The average Bonchev–Trinajstić information content (AvgIpc) is 3.22. The summed E-state index contributed by atoms with van der Waals surface area (Å²) in [7, 11) is 1.62. The molecule has 1 aliphatic heterocycles. The number of nitrogens with zero attached hydrogens (tertiary/aromatic N) is 2. The van der Waals surface area contributed by atoms with E-state index >= 15 is 0 Å². The van der Waals surface area contributed by atoms with Crippen molar-refractivity contribution in [2.24, 2.45) is 4.99 Å². The van der Waals surface area contributed by atoms with E-state index in [1.54, 1.807) is 24.7 Å². The Morgan fingerprint density at radius 1 is 1.12 bits per heavy atom. The zero-order valence-electron chi connectivity index (χ0n) is 19.9. The van der Waals surface area contributed by atoms with Gasteiger partial charge in [0.15, 0.2) is 11.5 Å². The van der Waals surface area contributed by atoms with Crippen molar-refractivity contribution >= 4 is 28.5 Å². The van der Waals surface area contributed by atoms with Crippen LogP contribution in [0.4, 0.5) is 5.00 Å². The number of carbonyl (C=O) groups is 1. The van der Waals surface area contributed by atoms with Gasteiger partial charge in [0.2, 0.25) is 0 Å². The molecule has 0 saturated carbocycles. The Balaban J connectivity index is 1.60. The van der Waals surface area contributed by atoms with Gasteiger partial charge in [-0.05, 0) is 55.2 Å². The molecule has 0 unspecified atom stereocenters. The molecular weight excluding hydrogens is 448 g/mol. The second kappa shape index (κ2) is 11.3. The minimum absolute atomic E-state index is 0.298. The zero-order chi connectivity index (χ0) is 23.9. The Morgan fingerprint density at radius 2 is 1.94 bits per heavy atom. The number of carbonyl (C=O) groups excluding carboxylic acids is 1. The van der Waals surface area contributed by atoms with Gasteiger partial charge in [0, 0.05) is 30.7 Å². The Morgan fingerprint density at radius 3 is 2.68 bits per heavy atom. The molecule has 1 aliphatic rings. The summed E-state index contributed by atoms with van der Waals surface area (Å²) in [4.78, 5) is 21.2. The van der Waals surface area contributed by atoms with Gasteiger partial charge >= 0.3 is 5.97 Å². The standard InChI is InChI=1S/C27H30N2O4S/c1-4-32-22-12-11-20(15-23(22)31-3)16-28-26-25(27(30)33-5-2)21-13-14-29(18-24(21)34-26)17-19-9-7-6-8-10-19/h6-12,15-16H,4-5,13-14,17-18H2,1-3H3. The molecule has 0 bridgehead atoms. The van der Waals surface area contributed by atoms with Gasteiger partial charge < -0.3 is 14.2 Å². The maximum Gasteiger partial charge on any atom is 0.341 e. The number of rotatable bonds is 9. The summed E-state index contributed by atoms with van der Waals surface area (Å²) in [5, 5.41) is 0.692. The van der Waals surface area contributed by atoms with Crippen molar-refractivity contribution in [1.29, 1.82) is 0 Å². The van der Waals surface area contributed by atoms with Gasteiger partial charge in [-0.15, -0.1) is 11.3 Å². The van der Waals surface area contributed by atoms with Gasteiger partial charge in [0.1, 0.15) is 5.00 Å². The number of aliphatic imine (C=N–C) groups is 1. The number of fused-ring (bicyclic) bond motifs is 1. The monoisotopic (exact) mass is 478 g/mol. The summed E-state index contributed by atoms with van der Waals surface area (Å²) in [6.07, 6.45) is 2.57. The normalized spacial score (nSPS) is 13.6. The molecule has 0 aliphatic carbocycles. The van der Waals surface area contributed by atoms with Crippen LogP contribution in [0.25, 0.3) is 0 Å². The Labute approximate surface area is 204 Å². The molecule has 7 heteroatoms. The molecule has 6 nitrogen and oxygen atoms in total. The lowest BCUT2D eigenvalue weighted by Gasteiger charge is -2.27. The maximum atomic E-state index is 12.9. The highest BCUT2D eigenvalue weighted by Crippen LogP contribution is 2.40. The molecule has 0 amide bonds. The van der Waals surface area contributed by atoms with Crippen molar-refractivity contribution in [1.82, 2.24) is 4.90 Å². The van der Waals surface area contributed by atoms with E-state index in [1.807, 2.05) is 38.1 Å². The molecular formula is C27H30N2O4S. The van der Waals surface area contributed by atoms with Gasteiger partial charge in [-0.2, -0.15) is 0 Å². The van der Waals surface area contributed by atoms with Crippen LogP contribution in [0.3, 0.4) is 0 Å². The van der Waals surface area contributed by atoms with Crippen LogP contribution in [0.2, 0.25) is 0 Å². The molecule has 0 saturated heterocycles. The van der Waals surface area contributed by atoms with Crippen molar-refractivity contribution in [3.63, 3.8) is 0 Å². The van der Waals surface area contributed by atoms with Crippen molar-refractivity contribution in [2.45, 2.75) is 33.4 Å². The largest absolute Gasteiger partial charge is 0.493 e. The molecule has 0 radical (unpaired) electrons. The molecule has 0 atom stereocenters. The number of methoxy groups -OCH3 is 1. The van der Waals surface area contributed by atoms with Crippen LogP contribution < -0.4 is 9.47 Å². The van der Waals surface area contributed by atoms with E-state index in [2.05, 4.69) is 29.2 Å². The van der Waals surface area contributed by atoms with Crippen LogP contribution in [-0.2, 0) is 24.2 Å². The molecule has 2 aromatic carbocycles. The lowest BCUT2D eigenvalue weighted by molar-refractivity contribution is 0.0526. The summed E-state index contributed by atoms with van der Waals surface area (Å²) in [5.41, 5.74) is 3.84. The van der Waals surface area contributed by atoms with Gasteiger partial charge in [-0.25, -0.2) is 9.79 Å². The molecule has 1 aromatic heterocycles. The first-order valence-corrected chi connectivity index (χ1v) is 12.4. The number of hydrogen-bond acceptors (Lipinski definition) is 7. The predicted molar refractivity (Wildman–Crippen MR) is 136 cm³/mol. The van der Waals surface area contributed by atoms with Crippen molar-refractivity contribution in [3.05, 3.63) is 75.7 Å². The van der Waals surface area contributed by atoms with Crippen LogP contribution >= 0.6 is 11.3 Å². The second-order valence-corrected chi connectivity index (χ2v) is 9.04. The van der Waals surface area contributed by atoms with Gasteiger partial charge in [0.25, 0.3) is 0 Å². The molecule has 34 heavy (non-hydrogen) atoms. The first-order chi connectivity index (χ1) is 16.6. The van der Waals surface area contributed by atoms with E-state index in [0.29, 0.717) is 35.3 Å². The highest BCUT2D eigenvalue weighted by atomic mass is 32.1. The molecule has 0 N–H and O–H groups in total. The lowest BCUT2D eigenvalue weighted by atomic mass is 10.0. The summed E-state index contributed by atoms with van der Waals surface area (Å²) < 4.78 is 16.4. The fourth-order valence-electron chi connectivity index (χ4n) is 4.10. The molecule has 3 aromatic rings. The Hall–Kier alpha value is -3.16. The zero-order valence-corrected chi connectivity index (χ0v) is 20.7. The average molecular weight is 479 g/mol. The summed E-state index contributed by atoms with van der Waals surface area (Å²) >= 11 is 1.57. The van der Waals surface area contributed by atoms with E-state index in [1.165, 1.54) is 10.4 Å². The van der Waals surface area contributed by atoms with Crippen LogP contribution in [-0.4, -0.2) is 44.0 Å². The number of esters is 1. The Kier molecular flexibility index (Phi) is 7.98. The molecule has 4 rings (SSSR count). The molecule has 178 valence electrons. The topological polar surface area (TPSA) is 60.4 Å². The van der Waals surface area contributed by atoms with Crippen LogP contribution in [0.5, 0.6) is 11.5 Å². The minimum Gasteiger partial charge on any atom is -0.493 e. The van der Waals surface area contributed by atoms with E-state index < -0.39 is 0 Å². The maximum absolute atomic E-state index is 12.9. The molecule has 0 fully saturated rings. The predicted octanol–water partition coefficient (Wildman–Crippen LogP) is 5.64. The van der Waals surface area contributed by atoms with Crippen LogP contribution in [0, 0.1) is 0 Å². The SMILES string of the molecule is CCOC(=O)c1c(N=Cc2ccc(OCC)c(OC)c2)sc2c1CCN(Cc1ccccc1)C2. The highest BCUT2D eigenvalue weighted by Gasteiger charge is 2.28. The lowest BCUT2D eigenvalue weighted by Crippen LogP contribution is -2.29. The number of benzene rings is 2. The summed E-state index contributed by atoms with van der Waals surface area (Å²) in [6, 6.07) is 16.1. The van der Waals surface area contributed by atoms with Gasteiger partial charge in [-0.1, -0.05) is 30.3 Å². The second-order valence-electron chi connectivity index (χ2n) is 7.95. The van der Waals surface area contributed by atoms with Gasteiger partial charge in [0.05, 0.1) is 25.9 Å².